The number of alkyl halides is 3. The molecule has 8 nitrogen and oxygen atoms in total. The number of nitrogens with one attached hydrogen (secondary N) is 1. The van der Waals surface area contributed by atoms with Crippen molar-refractivity contribution in [1.29, 1.82) is 0 Å². The second-order valence-electron chi connectivity index (χ2n) is 10.5. The van der Waals surface area contributed by atoms with E-state index in [0.29, 0.717) is 11.6 Å². The fourth-order valence-corrected chi connectivity index (χ4v) is 5.36. The molecule has 4 N–H and O–H groups in total. The fraction of sp³-hybridized carbons (Fsp3) is 0.483. The highest BCUT2D eigenvalue weighted by Crippen LogP contribution is 2.35. The third-order valence-electron chi connectivity index (χ3n) is 7.42. The van der Waals surface area contributed by atoms with Gasteiger partial charge in [-0.1, -0.05) is 43.2 Å². The Hall–Kier alpha value is -3.67. The lowest BCUT2D eigenvalue weighted by Crippen LogP contribution is -2.50. The van der Waals surface area contributed by atoms with E-state index in [-0.39, 0.29) is 17.8 Å². The molecule has 2 aromatic rings. The SMILES string of the molecule is O=C(Nc1cc(CC2CC2)ccc1F)C(C1CCCC1)N1CCc2ccccc2C1.O=C(O)C(F)(F)F.O=C(O)O. The maximum atomic E-state index is 14.5. The van der Waals surface area contributed by atoms with Gasteiger partial charge in [-0.3, -0.25) is 9.69 Å². The van der Waals surface area contributed by atoms with Gasteiger partial charge >= 0.3 is 18.3 Å². The lowest BCUT2D eigenvalue weighted by molar-refractivity contribution is -0.192. The van der Waals surface area contributed by atoms with Crippen molar-refractivity contribution in [3.05, 3.63) is 65.0 Å². The zero-order chi connectivity index (χ0) is 30.2. The molecule has 2 aliphatic carbocycles. The van der Waals surface area contributed by atoms with Crippen LogP contribution in [0.2, 0.25) is 0 Å². The first-order valence-electron chi connectivity index (χ1n) is 13.5. The Balaban J connectivity index is 0.000000360. The normalized spacial score (nSPS) is 17.7. The minimum atomic E-state index is -5.08. The van der Waals surface area contributed by atoms with Gasteiger partial charge in [0.1, 0.15) is 5.82 Å². The van der Waals surface area contributed by atoms with Crippen molar-refractivity contribution in [2.24, 2.45) is 11.8 Å². The highest BCUT2D eigenvalue weighted by molar-refractivity contribution is 5.95. The van der Waals surface area contributed by atoms with E-state index in [1.807, 2.05) is 12.1 Å². The van der Waals surface area contributed by atoms with Gasteiger partial charge in [-0.15, -0.1) is 0 Å². The summed E-state index contributed by atoms with van der Waals surface area (Å²) in [5.74, 6) is -2.04. The molecule has 1 amide bonds. The van der Waals surface area contributed by atoms with Crippen molar-refractivity contribution in [3.8, 4) is 0 Å². The van der Waals surface area contributed by atoms with Gasteiger partial charge in [0.15, 0.2) is 0 Å². The summed E-state index contributed by atoms with van der Waals surface area (Å²) in [6.45, 7) is 1.69. The second-order valence-corrected chi connectivity index (χ2v) is 10.5. The molecule has 3 aliphatic rings. The molecule has 12 heteroatoms. The van der Waals surface area contributed by atoms with Gasteiger partial charge in [-0.05, 0) is 79.2 Å². The van der Waals surface area contributed by atoms with Gasteiger partial charge in [0, 0.05) is 13.1 Å². The Morgan fingerprint density at radius 3 is 2.10 bits per heavy atom. The van der Waals surface area contributed by atoms with Crippen LogP contribution in [-0.2, 0) is 29.0 Å². The van der Waals surface area contributed by atoms with Gasteiger partial charge in [0.25, 0.3) is 0 Å². The number of nitrogens with zero attached hydrogens (tertiary/aromatic N) is 1. The molecule has 41 heavy (non-hydrogen) atoms. The molecular weight excluding hydrogens is 548 g/mol. The molecule has 1 aliphatic heterocycles. The smallest absolute Gasteiger partial charge is 0.475 e. The van der Waals surface area contributed by atoms with Gasteiger partial charge in [0.05, 0.1) is 11.7 Å². The largest absolute Gasteiger partial charge is 0.503 e. The zero-order valence-electron chi connectivity index (χ0n) is 22.4. The number of amides is 1. The molecule has 0 saturated heterocycles. The molecule has 0 bridgehead atoms. The Kier molecular flexibility index (Phi) is 11.1. The number of carbonyl (C=O) groups excluding carboxylic acids is 1. The minimum Gasteiger partial charge on any atom is -0.475 e. The maximum absolute atomic E-state index is 14.5. The Morgan fingerprint density at radius 2 is 1.54 bits per heavy atom. The number of carboxylic acid groups (broad SMARTS) is 3. The van der Waals surface area contributed by atoms with Crippen molar-refractivity contribution >= 4 is 23.7 Å². The molecule has 1 heterocycles. The summed E-state index contributed by atoms with van der Waals surface area (Å²) in [6.07, 6.45) is 2.10. The standard InChI is InChI=1S/C26H31FN2O.C2HF3O2.CH2O3/c27-23-12-11-19(15-18-9-10-18)16-24(23)28-26(30)25(21-6-2-3-7-21)29-14-13-20-5-1-4-8-22(20)17-29;3-2(4,5)1(6)7;2-1(3)4/h1,4-5,8,11-12,16,18,21,25H,2-3,6-7,9-10,13-15,17H2,(H,28,30);(H,6,7);(H2,2,3,4). The van der Waals surface area contributed by atoms with E-state index in [4.69, 9.17) is 24.9 Å². The monoisotopic (exact) mass is 582 g/mol. The first kappa shape index (κ1) is 31.9. The number of halogens is 4. The summed E-state index contributed by atoms with van der Waals surface area (Å²) < 4.78 is 46.3. The molecular formula is C29H34F4N2O6. The third-order valence-corrected chi connectivity index (χ3v) is 7.42. The summed E-state index contributed by atoms with van der Waals surface area (Å²) in [5.41, 5.74) is 4.17. The molecule has 5 rings (SSSR count). The number of carboxylic acids is 1. The van der Waals surface area contributed by atoms with E-state index in [2.05, 4.69) is 34.5 Å². The van der Waals surface area contributed by atoms with E-state index in [0.717, 1.165) is 50.3 Å². The van der Waals surface area contributed by atoms with Crippen LogP contribution < -0.4 is 5.32 Å². The Bertz CT molecular complexity index is 1210. The lowest BCUT2D eigenvalue weighted by atomic mass is 9.91. The van der Waals surface area contributed by atoms with Gasteiger partial charge in [0.2, 0.25) is 5.91 Å². The van der Waals surface area contributed by atoms with E-state index < -0.39 is 18.3 Å². The summed E-state index contributed by atoms with van der Waals surface area (Å²) in [4.78, 5) is 33.3. The van der Waals surface area contributed by atoms with Crippen LogP contribution in [0.5, 0.6) is 0 Å². The van der Waals surface area contributed by atoms with E-state index in [1.165, 1.54) is 42.9 Å². The highest BCUT2D eigenvalue weighted by Gasteiger charge is 2.38. The Labute approximate surface area is 235 Å². The average molecular weight is 583 g/mol. The number of fused-ring (bicyclic) bond motifs is 1. The van der Waals surface area contributed by atoms with Crippen molar-refractivity contribution < 1.29 is 47.3 Å². The van der Waals surface area contributed by atoms with Crippen LogP contribution in [0.1, 0.15) is 55.2 Å². The van der Waals surface area contributed by atoms with Crippen LogP contribution in [0.3, 0.4) is 0 Å². The van der Waals surface area contributed by atoms with Crippen molar-refractivity contribution in [2.75, 3.05) is 11.9 Å². The van der Waals surface area contributed by atoms with Crippen LogP contribution >= 0.6 is 0 Å². The van der Waals surface area contributed by atoms with Crippen molar-refractivity contribution in [1.82, 2.24) is 4.90 Å². The number of aliphatic carboxylic acids is 1. The highest BCUT2D eigenvalue weighted by atomic mass is 19.4. The number of hydrogen-bond donors (Lipinski definition) is 4. The topological polar surface area (TPSA) is 127 Å². The summed E-state index contributed by atoms with van der Waals surface area (Å²) >= 11 is 0. The molecule has 1 atom stereocenters. The van der Waals surface area contributed by atoms with Crippen LogP contribution in [0, 0.1) is 17.7 Å². The number of benzene rings is 2. The predicted octanol–water partition coefficient (Wildman–Crippen LogP) is 6.19. The van der Waals surface area contributed by atoms with Gasteiger partial charge in [-0.2, -0.15) is 13.2 Å². The van der Waals surface area contributed by atoms with E-state index in [1.54, 1.807) is 0 Å². The third kappa shape index (κ3) is 10.0. The Morgan fingerprint density at radius 1 is 0.951 bits per heavy atom. The van der Waals surface area contributed by atoms with E-state index >= 15 is 0 Å². The fourth-order valence-electron chi connectivity index (χ4n) is 5.36. The molecule has 1 unspecified atom stereocenters. The molecule has 0 aromatic heterocycles. The molecule has 0 spiro atoms. The minimum absolute atomic E-state index is 0.0382. The van der Waals surface area contributed by atoms with Crippen molar-refractivity contribution in [2.45, 2.75) is 70.1 Å². The number of carbonyl (C=O) groups is 3. The number of anilines is 1. The lowest BCUT2D eigenvalue weighted by Gasteiger charge is -2.37. The molecule has 2 saturated carbocycles. The van der Waals surface area contributed by atoms with Gasteiger partial charge in [-0.25, -0.2) is 14.0 Å². The quantitative estimate of drug-likeness (QED) is 0.299. The average Bonchev–Trinajstić information content (AvgIpc) is 3.55. The molecule has 2 fully saturated rings. The first-order valence-corrected chi connectivity index (χ1v) is 13.5. The maximum Gasteiger partial charge on any atom is 0.503 e. The number of hydrogen-bond acceptors (Lipinski definition) is 4. The van der Waals surface area contributed by atoms with Crippen LogP contribution in [0.4, 0.5) is 28.0 Å². The first-order chi connectivity index (χ1) is 19.3. The van der Waals surface area contributed by atoms with E-state index in [9.17, 15) is 22.4 Å². The molecule has 2 aromatic carbocycles. The zero-order valence-corrected chi connectivity index (χ0v) is 22.4. The molecule has 0 radical (unpaired) electrons. The van der Waals surface area contributed by atoms with Crippen LogP contribution in [-0.4, -0.2) is 57.0 Å². The summed E-state index contributed by atoms with van der Waals surface area (Å²) in [7, 11) is 0. The van der Waals surface area contributed by atoms with Crippen molar-refractivity contribution in [3.63, 3.8) is 0 Å². The number of rotatable bonds is 6. The van der Waals surface area contributed by atoms with Gasteiger partial charge < -0.3 is 20.6 Å². The second kappa shape index (κ2) is 14.3. The summed E-state index contributed by atoms with van der Waals surface area (Å²) in [5, 5.41) is 24.1. The summed E-state index contributed by atoms with van der Waals surface area (Å²) in [6, 6.07) is 13.6. The van der Waals surface area contributed by atoms with Crippen LogP contribution in [0.15, 0.2) is 42.5 Å². The van der Waals surface area contributed by atoms with Crippen LogP contribution in [0.25, 0.3) is 0 Å². The molecule has 224 valence electrons. The predicted molar refractivity (Wildman–Crippen MR) is 142 cm³/mol.